The van der Waals surface area contributed by atoms with Gasteiger partial charge >= 0.3 is 0 Å². The van der Waals surface area contributed by atoms with Crippen molar-refractivity contribution in [3.63, 3.8) is 0 Å². The average Bonchev–Trinajstić information content (AvgIpc) is 3.32. The molecule has 0 spiro atoms. The van der Waals surface area contributed by atoms with Gasteiger partial charge in [-0.25, -0.2) is 24.6 Å². The Balaban J connectivity index is 1.23. The lowest BCUT2D eigenvalue weighted by molar-refractivity contribution is 0.0951. The van der Waals surface area contributed by atoms with E-state index in [-0.39, 0.29) is 5.91 Å². The third kappa shape index (κ3) is 4.45. The van der Waals surface area contributed by atoms with Crippen molar-refractivity contribution in [2.24, 2.45) is 0 Å². The number of nitrogens with zero attached hydrogens (tertiary/aromatic N) is 8. The summed E-state index contributed by atoms with van der Waals surface area (Å²) in [7, 11) is 1.58. The molecule has 0 saturated carbocycles. The highest BCUT2D eigenvalue weighted by Crippen LogP contribution is 2.24. The molecule has 1 N–H and O–H groups in total. The van der Waals surface area contributed by atoms with Gasteiger partial charge in [-0.2, -0.15) is 5.10 Å². The van der Waals surface area contributed by atoms with Crippen LogP contribution in [0.15, 0.2) is 55.2 Å². The number of carbonyl (C=O) groups excluding carboxylic acids is 1. The van der Waals surface area contributed by atoms with Gasteiger partial charge in [-0.3, -0.25) is 4.79 Å². The SMILES string of the molecule is COc1cccc(C(=O)NCCn2ncc3c(N4CCN(c5ncccn5)CC4)ncnc32)c1. The Bertz CT molecular complexity index is 1270. The minimum atomic E-state index is -0.161. The summed E-state index contributed by atoms with van der Waals surface area (Å²) in [6, 6.07) is 8.88. The van der Waals surface area contributed by atoms with E-state index in [4.69, 9.17) is 4.74 Å². The predicted octanol–water partition coefficient (Wildman–Crippen LogP) is 1.38. The van der Waals surface area contributed by atoms with E-state index in [1.165, 1.54) is 0 Å². The van der Waals surface area contributed by atoms with Gasteiger partial charge in [-0.15, -0.1) is 0 Å². The molecule has 5 rings (SSSR count). The molecule has 1 aliphatic heterocycles. The van der Waals surface area contributed by atoms with Crippen molar-refractivity contribution in [1.82, 2.24) is 35.0 Å². The zero-order valence-corrected chi connectivity index (χ0v) is 18.8. The fourth-order valence-electron chi connectivity index (χ4n) is 4.01. The van der Waals surface area contributed by atoms with Gasteiger partial charge in [0, 0.05) is 50.7 Å². The first-order valence-electron chi connectivity index (χ1n) is 11.1. The maximum atomic E-state index is 12.5. The molecule has 1 fully saturated rings. The molecule has 4 aromatic rings. The Morgan fingerprint density at radius 3 is 2.62 bits per heavy atom. The predicted molar refractivity (Wildman–Crippen MR) is 127 cm³/mol. The summed E-state index contributed by atoms with van der Waals surface area (Å²) >= 11 is 0. The number of piperazine rings is 1. The van der Waals surface area contributed by atoms with Crippen LogP contribution < -0.4 is 19.9 Å². The van der Waals surface area contributed by atoms with Crippen LogP contribution in [0.3, 0.4) is 0 Å². The normalized spacial score (nSPS) is 13.8. The number of nitrogens with one attached hydrogen (secondary N) is 1. The monoisotopic (exact) mass is 459 g/mol. The summed E-state index contributed by atoms with van der Waals surface area (Å²) in [5.74, 6) is 2.10. The molecule has 1 saturated heterocycles. The Hall–Kier alpha value is -4.28. The van der Waals surface area contributed by atoms with E-state index in [0.717, 1.165) is 49.0 Å². The Labute approximate surface area is 196 Å². The van der Waals surface area contributed by atoms with E-state index in [1.54, 1.807) is 61.0 Å². The molecule has 0 unspecified atom stereocenters. The van der Waals surface area contributed by atoms with E-state index in [0.29, 0.717) is 24.4 Å². The molecular formula is C23H25N9O2. The number of hydrogen-bond acceptors (Lipinski definition) is 9. The van der Waals surface area contributed by atoms with Gasteiger partial charge in [0.15, 0.2) is 5.65 Å². The van der Waals surface area contributed by atoms with Gasteiger partial charge in [-0.05, 0) is 24.3 Å². The molecule has 0 radical (unpaired) electrons. The zero-order valence-electron chi connectivity index (χ0n) is 18.8. The van der Waals surface area contributed by atoms with Crippen LogP contribution in [0, 0.1) is 0 Å². The first-order valence-corrected chi connectivity index (χ1v) is 11.1. The van der Waals surface area contributed by atoms with Crippen LogP contribution in [0.1, 0.15) is 10.4 Å². The summed E-state index contributed by atoms with van der Waals surface area (Å²) in [5, 5.41) is 8.32. The van der Waals surface area contributed by atoms with Crippen LogP contribution in [0.25, 0.3) is 11.0 Å². The Morgan fingerprint density at radius 2 is 1.82 bits per heavy atom. The molecule has 1 amide bonds. The standard InChI is InChI=1S/C23H25N9O2/c1-34-18-5-2-4-17(14-18)22(33)24-8-9-32-21-19(15-29-32)20(27-16-28-21)30-10-12-31(13-11-30)23-25-6-3-7-26-23/h2-7,14-16H,8-13H2,1H3,(H,24,33). The summed E-state index contributed by atoms with van der Waals surface area (Å²) in [5.41, 5.74) is 1.30. The first-order chi connectivity index (χ1) is 16.7. The molecule has 0 atom stereocenters. The third-order valence-electron chi connectivity index (χ3n) is 5.77. The van der Waals surface area contributed by atoms with E-state index >= 15 is 0 Å². The molecule has 1 aromatic carbocycles. The van der Waals surface area contributed by atoms with Crippen molar-refractivity contribution in [1.29, 1.82) is 0 Å². The third-order valence-corrected chi connectivity index (χ3v) is 5.77. The number of benzene rings is 1. The van der Waals surface area contributed by atoms with Crippen molar-refractivity contribution in [2.45, 2.75) is 6.54 Å². The summed E-state index contributed by atoms with van der Waals surface area (Å²) in [4.78, 5) is 34.5. The minimum absolute atomic E-state index is 0.161. The molecule has 34 heavy (non-hydrogen) atoms. The quantitative estimate of drug-likeness (QED) is 0.438. The lowest BCUT2D eigenvalue weighted by atomic mass is 10.2. The number of hydrogen-bond donors (Lipinski definition) is 1. The van der Waals surface area contributed by atoms with E-state index in [2.05, 4.69) is 40.2 Å². The van der Waals surface area contributed by atoms with E-state index < -0.39 is 0 Å². The van der Waals surface area contributed by atoms with Crippen molar-refractivity contribution in [3.05, 3.63) is 60.8 Å². The van der Waals surface area contributed by atoms with Gasteiger partial charge in [0.05, 0.1) is 25.2 Å². The second kappa shape index (κ2) is 9.69. The number of rotatable bonds is 7. The van der Waals surface area contributed by atoms with Crippen LogP contribution in [0.2, 0.25) is 0 Å². The number of aromatic nitrogens is 6. The average molecular weight is 460 g/mol. The van der Waals surface area contributed by atoms with Crippen molar-refractivity contribution >= 4 is 28.7 Å². The number of methoxy groups -OCH3 is 1. The molecular weight excluding hydrogens is 434 g/mol. The minimum Gasteiger partial charge on any atom is -0.497 e. The van der Waals surface area contributed by atoms with Crippen LogP contribution in [-0.2, 0) is 6.54 Å². The van der Waals surface area contributed by atoms with Crippen molar-refractivity contribution in [2.75, 3.05) is 49.6 Å². The number of fused-ring (bicyclic) bond motifs is 1. The van der Waals surface area contributed by atoms with Gasteiger partial charge in [0.1, 0.15) is 17.9 Å². The number of ether oxygens (including phenoxy) is 1. The van der Waals surface area contributed by atoms with Crippen LogP contribution in [0.5, 0.6) is 5.75 Å². The lowest BCUT2D eigenvalue weighted by Crippen LogP contribution is -2.47. The van der Waals surface area contributed by atoms with Gasteiger partial charge in [-0.1, -0.05) is 6.07 Å². The van der Waals surface area contributed by atoms with E-state index in [9.17, 15) is 4.79 Å². The second-order valence-corrected chi connectivity index (χ2v) is 7.81. The maximum absolute atomic E-state index is 12.5. The van der Waals surface area contributed by atoms with Crippen LogP contribution in [0.4, 0.5) is 11.8 Å². The van der Waals surface area contributed by atoms with Gasteiger partial charge in [0.2, 0.25) is 5.95 Å². The van der Waals surface area contributed by atoms with Gasteiger partial charge < -0.3 is 19.9 Å². The zero-order chi connectivity index (χ0) is 23.3. The molecule has 0 bridgehead atoms. The molecule has 11 nitrogen and oxygen atoms in total. The van der Waals surface area contributed by atoms with Crippen molar-refractivity contribution < 1.29 is 9.53 Å². The highest BCUT2D eigenvalue weighted by atomic mass is 16.5. The van der Waals surface area contributed by atoms with Crippen LogP contribution >= 0.6 is 0 Å². The number of amides is 1. The molecule has 1 aliphatic rings. The van der Waals surface area contributed by atoms with Crippen LogP contribution in [-0.4, -0.2) is 75.5 Å². The maximum Gasteiger partial charge on any atom is 0.251 e. The molecule has 4 heterocycles. The highest BCUT2D eigenvalue weighted by Gasteiger charge is 2.22. The molecule has 11 heteroatoms. The topological polar surface area (TPSA) is 114 Å². The second-order valence-electron chi connectivity index (χ2n) is 7.81. The fraction of sp³-hybridized carbons (Fsp3) is 0.304. The van der Waals surface area contributed by atoms with E-state index in [1.807, 2.05) is 6.07 Å². The summed E-state index contributed by atoms with van der Waals surface area (Å²) in [6.45, 7) is 4.12. The fourth-order valence-corrected chi connectivity index (χ4v) is 4.01. The summed E-state index contributed by atoms with van der Waals surface area (Å²) < 4.78 is 6.98. The smallest absolute Gasteiger partial charge is 0.251 e. The number of carbonyl (C=O) groups is 1. The first kappa shape index (κ1) is 21.6. The molecule has 174 valence electrons. The molecule has 3 aromatic heterocycles. The van der Waals surface area contributed by atoms with Crippen molar-refractivity contribution in [3.8, 4) is 5.75 Å². The number of anilines is 2. The van der Waals surface area contributed by atoms with Gasteiger partial charge in [0.25, 0.3) is 5.91 Å². The Morgan fingerprint density at radius 1 is 1.03 bits per heavy atom. The summed E-state index contributed by atoms with van der Waals surface area (Å²) in [6.07, 6.45) is 6.88. The Kier molecular flexibility index (Phi) is 6.15. The highest BCUT2D eigenvalue weighted by molar-refractivity contribution is 5.94. The largest absolute Gasteiger partial charge is 0.497 e. The lowest BCUT2D eigenvalue weighted by Gasteiger charge is -2.35. The molecule has 0 aliphatic carbocycles.